The Bertz CT molecular complexity index is 774. The first-order valence-electron chi connectivity index (χ1n) is 6.54. The van der Waals surface area contributed by atoms with Crippen molar-refractivity contribution in [2.45, 2.75) is 13.5 Å². The van der Waals surface area contributed by atoms with Crippen molar-refractivity contribution >= 4 is 11.3 Å². The summed E-state index contributed by atoms with van der Waals surface area (Å²) < 4.78 is 12.1. The van der Waals surface area contributed by atoms with Crippen molar-refractivity contribution in [3.63, 3.8) is 0 Å². The Morgan fingerprint density at radius 2 is 2.14 bits per heavy atom. The van der Waals surface area contributed by atoms with E-state index in [1.54, 1.807) is 0 Å². The van der Waals surface area contributed by atoms with Crippen molar-refractivity contribution in [2.24, 2.45) is 0 Å². The molecule has 0 aliphatic rings. The zero-order chi connectivity index (χ0) is 14.7. The van der Waals surface area contributed by atoms with Gasteiger partial charge in [0.15, 0.2) is 0 Å². The maximum absolute atomic E-state index is 11.7. The normalized spacial score (nSPS) is 10.7. The second-order valence-corrected chi connectivity index (χ2v) is 5.44. The summed E-state index contributed by atoms with van der Waals surface area (Å²) in [5, 5.41) is 6.09. The van der Waals surface area contributed by atoms with Crippen molar-refractivity contribution < 1.29 is 9.15 Å². The van der Waals surface area contributed by atoms with E-state index in [4.69, 9.17) is 9.15 Å². The Hall–Kier alpha value is -2.34. The van der Waals surface area contributed by atoms with E-state index in [-0.39, 0.29) is 0 Å². The number of ether oxygens (including phenoxy) is 1. The Morgan fingerprint density at radius 1 is 1.29 bits per heavy atom. The van der Waals surface area contributed by atoms with Crippen LogP contribution in [0.4, 0.5) is 0 Å². The van der Waals surface area contributed by atoms with E-state index in [0.717, 1.165) is 16.2 Å². The van der Waals surface area contributed by atoms with Gasteiger partial charge >= 0.3 is 5.76 Å². The summed E-state index contributed by atoms with van der Waals surface area (Å²) in [6.45, 7) is 2.69. The SMILES string of the molecule is Cc1ccccc1OCCn1nc(-c2cccs2)oc1=O. The van der Waals surface area contributed by atoms with Crippen molar-refractivity contribution in [3.8, 4) is 16.5 Å². The van der Waals surface area contributed by atoms with Gasteiger partial charge in [0.05, 0.1) is 11.4 Å². The number of aryl methyl sites for hydroxylation is 1. The van der Waals surface area contributed by atoms with Crippen molar-refractivity contribution in [3.05, 3.63) is 57.9 Å². The summed E-state index contributed by atoms with van der Waals surface area (Å²) in [4.78, 5) is 12.6. The molecule has 2 aromatic heterocycles. The minimum atomic E-state index is -0.466. The molecular formula is C15H14N2O3S. The molecule has 2 heterocycles. The molecule has 0 unspecified atom stereocenters. The van der Waals surface area contributed by atoms with Gasteiger partial charge in [0.1, 0.15) is 12.4 Å². The van der Waals surface area contributed by atoms with Crippen LogP contribution in [0.15, 0.2) is 51.0 Å². The highest BCUT2D eigenvalue weighted by Gasteiger charge is 2.11. The first-order chi connectivity index (χ1) is 10.2. The van der Waals surface area contributed by atoms with Crippen molar-refractivity contribution in [2.75, 3.05) is 6.61 Å². The molecule has 0 fully saturated rings. The highest BCUT2D eigenvalue weighted by molar-refractivity contribution is 7.13. The molecule has 3 aromatic rings. The van der Waals surface area contributed by atoms with Gasteiger partial charge in [-0.2, -0.15) is 4.68 Å². The third-order valence-electron chi connectivity index (χ3n) is 2.99. The molecule has 0 atom stereocenters. The third kappa shape index (κ3) is 3.05. The van der Waals surface area contributed by atoms with Crippen LogP contribution in [0.5, 0.6) is 5.75 Å². The van der Waals surface area contributed by atoms with Crippen molar-refractivity contribution in [1.29, 1.82) is 0 Å². The number of hydrogen-bond acceptors (Lipinski definition) is 5. The van der Waals surface area contributed by atoms with E-state index in [1.807, 2.05) is 48.7 Å². The average Bonchev–Trinajstić information content (AvgIpc) is 3.11. The van der Waals surface area contributed by atoms with Crippen LogP contribution < -0.4 is 10.5 Å². The highest BCUT2D eigenvalue weighted by Crippen LogP contribution is 2.21. The fraction of sp³-hybridized carbons (Fsp3) is 0.200. The van der Waals surface area contributed by atoms with Crippen LogP contribution >= 0.6 is 11.3 Å². The maximum atomic E-state index is 11.7. The molecule has 0 bridgehead atoms. The number of nitrogens with zero attached hydrogens (tertiary/aromatic N) is 2. The van der Waals surface area contributed by atoms with Gasteiger partial charge in [0.2, 0.25) is 0 Å². The Kier molecular flexibility index (Phi) is 3.87. The standard InChI is InChI=1S/C15H14N2O3S/c1-11-5-2-3-6-12(11)19-9-8-17-15(18)20-14(16-17)13-7-4-10-21-13/h2-7,10H,8-9H2,1H3. The molecule has 0 spiro atoms. The van der Waals surface area contributed by atoms with E-state index >= 15 is 0 Å². The third-order valence-corrected chi connectivity index (χ3v) is 3.85. The lowest BCUT2D eigenvalue weighted by molar-refractivity contribution is 0.284. The smallest absolute Gasteiger partial charge is 0.437 e. The lowest BCUT2D eigenvalue weighted by Crippen LogP contribution is -2.20. The summed E-state index contributed by atoms with van der Waals surface area (Å²) in [7, 11) is 0. The van der Waals surface area contributed by atoms with Gasteiger partial charge in [-0.25, -0.2) is 4.79 Å². The molecule has 108 valence electrons. The Morgan fingerprint density at radius 3 is 2.90 bits per heavy atom. The fourth-order valence-electron chi connectivity index (χ4n) is 1.91. The number of hydrogen-bond donors (Lipinski definition) is 0. The number of thiophene rings is 1. The predicted molar refractivity (Wildman–Crippen MR) is 80.8 cm³/mol. The first kappa shape index (κ1) is 13.6. The van der Waals surface area contributed by atoms with Gasteiger partial charge in [-0.15, -0.1) is 16.4 Å². The molecule has 0 aliphatic heterocycles. The number of para-hydroxylation sites is 1. The van der Waals surface area contributed by atoms with E-state index in [0.29, 0.717) is 19.0 Å². The molecule has 3 rings (SSSR count). The summed E-state index contributed by atoms with van der Waals surface area (Å²) in [6, 6.07) is 11.5. The lowest BCUT2D eigenvalue weighted by Gasteiger charge is -2.07. The molecule has 0 radical (unpaired) electrons. The monoisotopic (exact) mass is 302 g/mol. The van der Waals surface area contributed by atoms with Crippen LogP contribution in [-0.2, 0) is 6.54 Å². The quantitative estimate of drug-likeness (QED) is 0.727. The molecular weight excluding hydrogens is 288 g/mol. The zero-order valence-electron chi connectivity index (χ0n) is 11.5. The molecule has 0 aliphatic carbocycles. The van der Waals surface area contributed by atoms with Crippen molar-refractivity contribution in [1.82, 2.24) is 9.78 Å². The van der Waals surface area contributed by atoms with Gasteiger partial charge in [-0.1, -0.05) is 24.3 Å². The molecule has 0 saturated heterocycles. The summed E-state index contributed by atoms with van der Waals surface area (Å²) in [5.41, 5.74) is 1.06. The fourth-order valence-corrected chi connectivity index (χ4v) is 2.55. The van der Waals surface area contributed by atoms with Gasteiger partial charge < -0.3 is 9.15 Å². The van der Waals surface area contributed by atoms with Gasteiger partial charge in [0.25, 0.3) is 5.89 Å². The van der Waals surface area contributed by atoms with E-state index in [1.165, 1.54) is 16.0 Å². The van der Waals surface area contributed by atoms with Crippen LogP contribution in [-0.4, -0.2) is 16.4 Å². The second-order valence-electron chi connectivity index (χ2n) is 4.49. The minimum Gasteiger partial charge on any atom is -0.491 e. The average molecular weight is 302 g/mol. The van der Waals surface area contributed by atoms with Crippen LogP contribution in [0.25, 0.3) is 10.8 Å². The Balaban J connectivity index is 1.66. The largest absolute Gasteiger partial charge is 0.491 e. The summed E-state index contributed by atoms with van der Waals surface area (Å²) in [5.74, 6) is 0.699. The second kappa shape index (κ2) is 5.97. The van der Waals surface area contributed by atoms with E-state index in [2.05, 4.69) is 5.10 Å². The Labute approximate surface area is 125 Å². The number of aromatic nitrogens is 2. The summed E-state index contributed by atoms with van der Waals surface area (Å²) in [6.07, 6.45) is 0. The van der Waals surface area contributed by atoms with Crippen LogP contribution in [0.1, 0.15) is 5.56 Å². The molecule has 21 heavy (non-hydrogen) atoms. The number of rotatable bonds is 5. The predicted octanol–water partition coefficient (Wildman–Crippen LogP) is 2.95. The van der Waals surface area contributed by atoms with E-state index < -0.39 is 5.76 Å². The van der Waals surface area contributed by atoms with Gasteiger partial charge in [-0.3, -0.25) is 0 Å². The topological polar surface area (TPSA) is 57.3 Å². The molecule has 0 saturated carbocycles. The zero-order valence-corrected chi connectivity index (χ0v) is 12.3. The molecule has 5 nitrogen and oxygen atoms in total. The highest BCUT2D eigenvalue weighted by atomic mass is 32.1. The number of benzene rings is 1. The van der Waals surface area contributed by atoms with Crippen LogP contribution in [0, 0.1) is 6.92 Å². The van der Waals surface area contributed by atoms with Crippen LogP contribution in [0.3, 0.4) is 0 Å². The minimum absolute atomic E-state index is 0.349. The molecule has 0 amide bonds. The molecule has 1 aromatic carbocycles. The first-order valence-corrected chi connectivity index (χ1v) is 7.42. The maximum Gasteiger partial charge on any atom is 0.437 e. The summed E-state index contributed by atoms with van der Waals surface area (Å²) >= 11 is 1.48. The lowest BCUT2D eigenvalue weighted by atomic mass is 10.2. The van der Waals surface area contributed by atoms with Crippen LogP contribution in [0.2, 0.25) is 0 Å². The molecule has 0 N–H and O–H groups in total. The van der Waals surface area contributed by atoms with Gasteiger partial charge in [-0.05, 0) is 30.0 Å². The van der Waals surface area contributed by atoms with E-state index in [9.17, 15) is 4.79 Å². The van der Waals surface area contributed by atoms with Gasteiger partial charge in [0, 0.05) is 0 Å². The molecule has 6 heteroatoms.